The summed E-state index contributed by atoms with van der Waals surface area (Å²) in [7, 11) is 6.88. The number of rotatable bonds is 7. The topological polar surface area (TPSA) is 89.5 Å². The molecular weight excluding hydrogens is 486 g/mol. The summed E-state index contributed by atoms with van der Waals surface area (Å²) in [6.45, 7) is 4.45. The number of hydrogen-bond acceptors (Lipinski definition) is 9. The van der Waals surface area contributed by atoms with Gasteiger partial charge in [-0.2, -0.15) is 4.98 Å². The predicted octanol–water partition coefficient (Wildman–Crippen LogP) is 3.25. The molecule has 10 nitrogen and oxygen atoms in total. The van der Waals surface area contributed by atoms with E-state index < -0.39 is 0 Å². The van der Waals surface area contributed by atoms with Crippen molar-refractivity contribution in [1.29, 1.82) is 0 Å². The van der Waals surface area contributed by atoms with Crippen molar-refractivity contribution in [3.05, 3.63) is 59.3 Å². The Morgan fingerprint density at radius 3 is 2.05 bits per heavy atom. The van der Waals surface area contributed by atoms with Crippen LogP contribution in [0.4, 0.5) is 5.95 Å². The average molecular weight is 520 g/mol. The molecule has 10 heteroatoms. The standard InChI is InChI=1S/C28H33N5O5/c1-31-11-13-32(14-12-31)28-29-25-9-10-33(27(34)19-15-22(36-3)17-23(16-19)37-4)18-24(25)26(30-28)38-21-7-5-20(35-2)6-8-21/h5-8,15-17H,9-14,18H2,1-4H3. The SMILES string of the molecule is COc1ccc(Oc2nc(N3CCN(C)CC3)nc3c2CN(C(=O)c2cc(OC)cc(OC)c2)CC3)cc1. The summed E-state index contributed by atoms with van der Waals surface area (Å²) in [4.78, 5) is 29.6. The summed E-state index contributed by atoms with van der Waals surface area (Å²) < 4.78 is 22.3. The minimum Gasteiger partial charge on any atom is -0.497 e. The van der Waals surface area contributed by atoms with E-state index >= 15 is 0 Å². The highest BCUT2D eigenvalue weighted by atomic mass is 16.5. The fraction of sp³-hybridized carbons (Fsp3) is 0.393. The van der Waals surface area contributed by atoms with Crippen LogP contribution in [-0.4, -0.2) is 86.8 Å². The van der Waals surface area contributed by atoms with Gasteiger partial charge >= 0.3 is 0 Å². The number of fused-ring (bicyclic) bond motifs is 1. The molecule has 5 rings (SSSR count). The van der Waals surface area contributed by atoms with Gasteiger partial charge in [-0.1, -0.05) is 0 Å². The minimum atomic E-state index is -0.119. The van der Waals surface area contributed by atoms with E-state index in [1.54, 1.807) is 44.4 Å². The predicted molar refractivity (Wildman–Crippen MR) is 143 cm³/mol. The minimum absolute atomic E-state index is 0.119. The van der Waals surface area contributed by atoms with Crippen molar-refractivity contribution in [3.63, 3.8) is 0 Å². The summed E-state index contributed by atoms with van der Waals surface area (Å²) >= 11 is 0. The van der Waals surface area contributed by atoms with Crippen LogP contribution in [0.15, 0.2) is 42.5 Å². The molecule has 0 atom stereocenters. The molecule has 3 aromatic rings. The Kier molecular flexibility index (Phi) is 7.50. The van der Waals surface area contributed by atoms with E-state index in [0.717, 1.165) is 43.2 Å². The number of methoxy groups -OCH3 is 3. The van der Waals surface area contributed by atoms with Gasteiger partial charge in [-0.3, -0.25) is 4.79 Å². The molecule has 3 heterocycles. The lowest BCUT2D eigenvalue weighted by Gasteiger charge is -2.34. The van der Waals surface area contributed by atoms with E-state index in [1.165, 1.54) is 0 Å². The molecule has 1 amide bonds. The highest BCUT2D eigenvalue weighted by Gasteiger charge is 2.29. The van der Waals surface area contributed by atoms with Gasteiger partial charge in [0.25, 0.3) is 5.91 Å². The summed E-state index contributed by atoms with van der Waals surface area (Å²) in [5.74, 6) is 3.52. The smallest absolute Gasteiger partial charge is 0.254 e. The van der Waals surface area contributed by atoms with Crippen molar-refractivity contribution >= 4 is 11.9 Å². The first-order chi connectivity index (χ1) is 18.5. The molecule has 38 heavy (non-hydrogen) atoms. The average Bonchev–Trinajstić information content (AvgIpc) is 2.97. The third kappa shape index (κ3) is 5.45. The van der Waals surface area contributed by atoms with Crippen LogP contribution in [-0.2, 0) is 13.0 Å². The van der Waals surface area contributed by atoms with Gasteiger partial charge in [0.05, 0.1) is 39.1 Å². The first-order valence-corrected chi connectivity index (χ1v) is 12.6. The molecule has 0 saturated carbocycles. The maximum Gasteiger partial charge on any atom is 0.254 e. The molecule has 2 aliphatic rings. The lowest BCUT2D eigenvalue weighted by Crippen LogP contribution is -2.45. The maximum absolute atomic E-state index is 13.5. The zero-order valence-electron chi connectivity index (χ0n) is 22.3. The molecule has 0 unspecified atom stereocenters. The van der Waals surface area contributed by atoms with Crippen molar-refractivity contribution in [1.82, 2.24) is 19.8 Å². The lowest BCUT2D eigenvalue weighted by atomic mass is 10.0. The van der Waals surface area contributed by atoms with Gasteiger partial charge in [-0.15, -0.1) is 0 Å². The molecule has 0 N–H and O–H groups in total. The second-order valence-electron chi connectivity index (χ2n) is 9.40. The van der Waals surface area contributed by atoms with Crippen molar-refractivity contribution in [2.45, 2.75) is 13.0 Å². The molecule has 0 radical (unpaired) electrons. The number of hydrogen-bond donors (Lipinski definition) is 0. The van der Waals surface area contributed by atoms with Crippen molar-refractivity contribution in [2.24, 2.45) is 0 Å². The molecule has 1 fully saturated rings. The van der Waals surface area contributed by atoms with E-state index in [4.69, 9.17) is 28.9 Å². The fourth-order valence-electron chi connectivity index (χ4n) is 4.65. The first kappa shape index (κ1) is 25.6. The Balaban J connectivity index is 1.46. The van der Waals surface area contributed by atoms with Crippen LogP contribution < -0.4 is 23.8 Å². The van der Waals surface area contributed by atoms with Gasteiger partial charge in [0.1, 0.15) is 23.0 Å². The highest BCUT2D eigenvalue weighted by Crippen LogP contribution is 2.33. The van der Waals surface area contributed by atoms with Gasteiger partial charge in [0, 0.05) is 50.8 Å². The zero-order chi connectivity index (χ0) is 26.6. The number of nitrogens with zero attached hydrogens (tertiary/aromatic N) is 5. The zero-order valence-corrected chi connectivity index (χ0v) is 22.3. The molecule has 2 aromatic carbocycles. The van der Waals surface area contributed by atoms with Gasteiger partial charge in [0.15, 0.2) is 0 Å². The number of anilines is 1. The second-order valence-corrected chi connectivity index (χ2v) is 9.40. The number of carbonyl (C=O) groups excluding carboxylic acids is 1. The monoisotopic (exact) mass is 519 g/mol. The van der Waals surface area contributed by atoms with E-state index in [9.17, 15) is 4.79 Å². The Bertz CT molecular complexity index is 1270. The molecule has 1 saturated heterocycles. The number of ether oxygens (including phenoxy) is 4. The highest BCUT2D eigenvalue weighted by molar-refractivity contribution is 5.95. The summed E-state index contributed by atoms with van der Waals surface area (Å²) in [6, 6.07) is 12.6. The van der Waals surface area contributed by atoms with Crippen LogP contribution in [0, 0.1) is 0 Å². The second kappa shape index (κ2) is 11.1. The molecule has 0 aliphatic carbocycles. The number of likely N-dealkylation sites (N-methyl/N-ethyl adjacent to an activating group) is 1. The van der Waals surface area contributed by atoms with Gasteiger partial charge < -0.3 is 33.6 Å². The van der Waals surface area contributed by atoms with Crippen molar-refractivity contribution < 1.29 is 23.7 Å². The summed E-state index contributed by atoms with van der Waals surface area (Å²) in [6.07, 6.45) is 0.602. The Hall–Kier alpha value is -4.05. The normalized spacial score (nSPS) is 15.6. The summed E-state index contributed by atoms with van der Waals surface area (Å²) in [5.41, 5.74) is 2.22. The third-order valence-corrected chi connectivity index (χ3v) is 6.96. The molecule has 0 spiro atoms. The maximum atomic E-state index is 13.5. The number of benzene rings is 2. The van der Waals surface area contributed by atoms with Crippen LogP contribution in [0.25, 0.3) is 0 Å². The fourth-order valence-corrected chi connectivity index (χ4v) is 4.65. The van der Waals surface area contributed by atoms with E-state index in [-0.39, 0.29) is 5.91 Å². The van der Waals surface area contributed by atoms with Crippen molar-refractivity contribution in [3.8, 4) is 28.9 Å². The lowest BCUT2D eigenvalue weighted by molar-refractivity contribution is 0.0731. The van der Waals surface area contributed by atoms with Gasteiger partial charge in [0.2, 0.25) is 11.8 Å². The molecule has 200 valence electrons. The van der Waals surface area contributed by atoms with Crippen LogP contribution >= 0.6 is 0 Å². The third-order valence-electron chi connectivity index (χ3n) is 6.96. The first-order valence-electron chi connectivity index (χ1n) is 12.6. The van der Waals surface area contributed by atoms with Gasteiger partial charge in [-0.25, -0.2) is 4.98 Å². The Labute approximate surface area is 222 Å². The Morgan fingerprint density at radius 2 is 1.42 bits per heavy atom. The number of amides is 1. The molecular formula is C28H33N5O5. The molecule has 1 aromatic heterocycles. The van der Waals surface area contributed by atoms with E-state index in [2.05, 4.69) is 16.8 Å². The summed E-state index contributed by atoms with van der Waals surface area (Å²) in [5, 5.41) is 0. The number of piperazine rings is 1. The molecule has 0 bridgehead atoms. The van der Waals surface area contributed by atoms with Crippen molar-refractivity contribution in [2.75, 3.05) is 66.0 Å². The quantitative estimate of drug-likeness (QED) is 0.467. The Morgan fingerprint density at radius 1 is 0.789 bits per heavy atom. The van der Waals surface area contributed by atoms with Crippen LogP contribution in [0.5, 0.6) is 28.9 Å². The molecule has 2 aliphatic heterocycles. The van der Waals surface area contributed by atoms with E-state index in [1.807, 2.05) is 24.3 Å². The number of carbonyl (C=O) groups is 1. The van der Waals surface area contributed by atoms with Crippen LogP contribution in [0.3, 0.4) is 0 Å². The number of aromatic nitrogens is 2. The van der Waals surface area contributed by atoms with Gasteiger partial charge in [-0.05, 0) is 43.4 Å². The van der Waals surface area contributed by atoms with E-state index in [0.29, 0.717) is 54.2 Å². The van der Waals surface area contributed by atoms with Crippen LogP contribution in [0.2, 0.25) is 0 Å². The van der Waals surface area contributed by atoms with Crippen LogP contribution in [0.1, 0.15) is 21.6 Å². The largest absolute Gasteiger partial charge is 0.497 e.